The molecular weight excluding hydrogens is 284 g/mol. The van der Waals surface area contributed by atoms with Gasteiger partial charge in [-0.25, -0.2) is 0 Å². The molecule has 0 aliphatic carbocycles. The van der Waals surface area contributed by atoms with E-state index in [-0.39, 0.29) is 11.1 Å². The van der Waals surface area contributed by atoms with Gasteiger partial charge in [-0.2, -0.15) is 0 Å². The van der Waals surface area contributed by atoms with E-state index >= 15 is 0 Å². The van der Waals surface area contributed by atoms with Gasteiger partial charge in [0.15, 0.2) is 0 Å². The Morgan fingerprint density at radius 1 is 0.905 bits per heavy atom. The molecular formula is C17H21ClN2O. The van der Waals surface area contributed by atoms with E-state index in [1.165, 1.54) is 0 Å². The fourth-order valence-corrected chi connectivity index (χ4v) is 2.49. The van der Waals surface area contributed by atoms with Crippen LogP contribution >= 0.6 is 11.6 Å². The number of benzene rings is 2. The van der Waals surface area contributed by atoms with E-state index in [1.807, 2.05) is 33.3 Å². The van der Waals surface area contributed by atoms with Crippen molar-refractivity contribution >= 4 is 23.0 Å². The minimum atomic E-state index is -0.0833. The number of phenolic OH excluding ortho intramolecular Hbond substituents is 1. The number of halogens is 1. The van der Waals surface area contributed by atoms with Crippen LogP contribution in [0.25, 0.3) is 0 Å². The van der Waals surface area contributed by atoms with Crippen LogP contribution in [0.2, 0.25) is 0 Å². The summed E-state index contributed by atoms with van der Waals surface area (Å²) in [6.07, 6.45) is 0. The monoisotopic (exact) mass is 304 g/mol. The van der Waals surface area contributed by atoms with Crippen LogP contribution in [-0.4, -0.2) is 32.8 Å². The van der Waals surface area contributed by atoms with Crippen molar-refractivity contribution in [3.05, 3.63) is 54.1 Å². The van der Waals surface area contributed by atoms with Crippen molar-refractivity contribution in [1.29, 1.82) is 0 Å². The number of nitrogens with zero attached hydrogens (tertiary/aromatic N) is 2. The van der Waals surface area contributed by atoms with E-state index in [9.17, 15) is 5.11 Å². The Bertz CT molecular complexity index is 566. The highest BCUT2D eigenvalue weighted by atomic mass is 35.5. The quantitative estimate of drug-likeness (QED) is 0.849. The van der Waals surface area contributed by atoms with Crippen molar-refractivity contribution in [2.24, 2.45) is 0 Å². The molecule has 2 aromatic carbocycles. The van der Waals surface area contributed by atoms with Gasteiger partial charge < -0.3 is 14.9 Å². The summed E-state index contributed by atoms with van der Waals surface area (Å²) in [5.41, 5.74) is 3.30. The highest BCUT2D eigenvalue weighted by molar-refractivity contribution is 6.21. The van der Waals surface area contributed by atoms with Gasteiger partial charge in [0.05, 0.1) is 5.38 Å². The first-order valence-corrected chi connectivity index (χ1v) is 7.32. The molecule has 21 heavy (non-hydrogen) atoms. The largest absolute Gasteiger partial charge is 0.508 e. The summed E-state index contributed by atoms with van der Waals surface area (Å²) < 4.78 is 0. The van der Waals surface area contributed by atoms with Gasteiger partial charge in [-0.3, -0.25) is 0 Å². The molecule has 0 amide bonds. The second-order valence-electron chi connectivity index (χ2n) is 5.35. The number of phenols is 1. The maximum atomic E-state index is 9.32. The molecule has 0 radical (unpaired) electrons. The Morgan fingerprint density at radius 3 is 1.95 bits per heavy atom. The number of aromatic hydroxyl groups is 1. The third-order valence-electron chi connectivity index (χ3n) is 3.50. The van der Waals surface area contributed by atoms with Gasteiger partial charge >= 0.3 is 0 Å². The molecule has 0 saturated heterocycles. The molecule has 3 nitrogen and oxygen atoms in total. The lowest BCUT2D eigenvalue weighted by Crippen LogP contribution is -2.21. The molecule has 4 heteroatoms. The molecule has 1 atom stereocenters. The predicted octanol–water partition coefficient (Wildman–Crippen LogP) is 3.87. The van der Waals surface area contributed by atoms with E-state index in [0.29, 0.717) is 6.54 Å². The van der Waals surface area contributed by atoms with Crippen molar-refractivity contribution < 1.29 is 5.11 Å². The van der Waals surface area contributed by atoms with Crippen molar-refractivity contribution in [3.8, 4) is 5.75 Å². The maximum Gasteiger partial charge on any atom is 0.115 e. The fourth-order valence-electron chi connectivity index (χ4n) is 2.14. The summed E-state index contributed by atoms with van der Waals surface area (Å²) in [6, 6.07) is 15.4. The first-order chi connectivity index (χ1) is 9.97. The number of alkyl halides is 1. The fraction of sp³-hybridized carbons (Fsp3) is 0.294. The predicted molar refractivity (Wildman–Crippen MR) is 90.7 cm³/mol. The van der Waals surface area contributed by atoms with Crippen molar-refractivity contribution in [2.75, 3.05) is 37.5 Å². The highest BCUT2D eigenvalue weighted by Gasteiger charge is 2.12. The summed E-state index contributed by atoms with van der Waals surface area (Å²) in [5, 5.41) is 9.24. The third-order valence-corrected chi connectivity index (χ3v) is 3.89. The Balaban J connectivity index is 2.03. The Kier molecular flexibility index (Phi) is 4.97. The van der Waals surface area contributed by atoms with Crippen LogP contribution in [0.5, 0.6) is 5.75 Å². The second-order valence-corrected chi connectivity index (χ2v) is 5.88. The average molecular weight is 305 g/mol. The van der Waals surface area contributed by atoms with Gasteiger partial charge in [-0.1, -0.05) is 12.1 Å². The lowest BCUT2D eigenvalue weighted by atomic mass is 10.1. The van der Waals surface area contributed by atoms with Gasteiger partial charge in [0.2, 0.25) is 0 Å². The molecule has 1 unspecified atom stereocenters. The SMILES string of the molecule is CN(C)c1ccc(C(Cl)CN(C)c2ccc(O)cc2)cc1. The van der Waals surface area contributed by atoms with Gasteiger partial charge in [-0.15, -0.1) is 11.6 Å². The molecule has 0 aliphatic heterocycles. The summed E-state index contributed by atoms with van der Waals surface area (Å²) in [4.78, 5) is 4.15. The van der Waals surface area contributed by atoms with Gasteiger partial charge in [0.25, 0.3) is 0 Å². The van der Waals surface area contributed by atoms with Crippen LogP contribution in [0.4, 0.5) is 11.4 Å². The Labute approximate surface area is 131 Å². The summed E-state index contributed by atoms with van der Waals surface area (Å²) in [5.74, 6) is 0.272. The first-order valence-electron chi connectivity index (χ1n) is 6.89. The van der Waals surface area contributed by atoms with E-state index < -0.39 is 0 Å². The van der Waals surface area contributed by atoms with Gasteiger partial charge in [0.1, 0.15) is 5.75 Å². The molecule has 1 N–H and O–H groups in total. The van der Waals surface area contributed by atoms with Crippen LogP contribution in [0.15, 0.2) is 48.5 Å². The van der Waals surface area contributed by atoms with Crippen LogP contribution in [0, 0.1) is 0 Å². The number of hydrogen-bond acceptors (Lipinski definition) is 3. The summed E-state index contributed by atoms with van der Waals surface area (Å²) in [6.45, 7) is 0.702. The number of hydrogen-bond donors (Lipinski definition) is 1. The summed E-state index contributed by atoms with van der Waals surface area (Å²) in [7, 11) is 6.04. The number of anilines is 2. The normalized spacial score (nSPS) is 12.0. The van der Waals surface area contributed by atoms with E-state index in [1.54, 1.807) is 12.1 Å². The highest BCUT2D eigenvalue weighted by Crippen LogP contribution is 2.26. The topological polar surface area (TPSA) is 26.7 Å². The van der Waals surface area contributed by atoms with Crippen molar-refractivity contribution in [2.45, 2.75) is 5.38 Å². The molecule has 112 valence electrons. The van der Waals surface area contributed by atoms with Crippen molar-refractivity contribution in [1.82, 2.24) is 0 Å². The Hall–Kier alpha value is -1.87. The maximum absolute atomic E-state index is 9.32. The van der Waals surface area contributed by atoms with Gasteiger partial charge in [0, 0.05) is 39.1 Å². The lowest BCUT2D eigenvalue weighted by molar-refractivity contribution is 0.475. The lowest BCUT2D eigenvalue weighted by Gasteiger charge is -2.23. The molecule has 0 fully saturated rings. The third kappa shape index (κ3) is 4.05. The van der Waals surface area contributed by atoms with Gasteiger partial charge in [-0.05, 0) is 42.0 Å². The molecule has 0 saturated carbocycles. The van der Waals surface area contributed by atoms with E-state index in [4.69, 9.17) is 11.6 Å². The van der Waals surface area contributed by atoms with Crippen LogP contribution < -0.4 is 9.80 Å². The number of rotatable bonds is 5. The molecule has 2 rings (SSSR count). The zero-order valence-electron chi connectivity index (χ0n) is 12.6. The smallest absolute Gasteiger partial charge is 0.115 e. The first kappa shape index (κ1) is 15.5. The zero-order valence-corrected chi connectivity index (χ0v) is 13.4. The number of likely N-dealkylation sites (N-methyl/N-ethyl adjacent to an activating group) is 1. The molecule has 2 aromatic rings. The van der Waals surface area contributed by atoms with E-state index in [2.05, 4.69) is 34.1 Å². The molecule has 0 aliphatic rings. The average Bonchev–Trinajstić information content (AvgIpc) is 2.47. The van der Waals surface area contributed by atoms with Crippen LogP contribution in [0.3, 0.4) is 0 Å². The van der Waals surface area contributed by atoms with Crippen LogP contribution in [-0.2, 0) is 0 Å². The van der Waals surface area contributed by atoms with E-state index in [0.717, 1.165) is 16.9 Å². The minimum Gasteiger partial charge on any atom is -0.508 e. The minimum absolute atomic E-state index is 0.0833. The zero-order chi connectivity index (χ0) is 15.4. The summed E-state index contributed by atoms with van der Waals surface area (Å²) >= 11 is 6.51. The van der Waals surface area contributed by atoms with Crippen molar-refractivity contribution in [3.63, 3.8) is 0 Å². The molecule has 0 aromatic heterocycles. The molecule has 0 bridgehead atoms. The standard InChI is InChI=1S/C17H21ClN2O/c1-19(2)14-6-4-13(5-7-14)17(18)12-20(3)15-8-10-16(21)11-9-15/h4-11,17,21H,12H2,1-3H3. The molecule has 0 heterocycles. The second kappa shape index (κ2) is 6.72. The van der Waals surface area contributed by atoms with Crippen LogP contribution in [0.1, 0.15) is 10.9 Å². The molecule has 0 spiro atoms. The Morgan fingerprint density at radius 2 is 1.43 bits per heavy atom.